The molecule has 4 nitrogen and oxygen atoms in total. The van der Waals surface area contributed by atoms with Crippen LogP contribution in [-0.4, -0.2) is 15.6 Å². The van der Waals surface area contributed by atoms with Crippen molar-refractivity contribution in [1.82, 2.24) is 4.57 Å². The van der Waals surface area contributed by atoms with Gasteiger partial charge in [0.25, 0.3) is 0 Å². The average Bonchev–Trinajstić information content (AvgIpc) is 2.43. The second-order valence-electron chi connectivity index (χ2n) is 3.25. The summed E-state index contributed by atoms with van der Waals surface area (Å²) in [4.78, 5) is 10.3. The van der Waals surface area contributed by atoms with Gasteiger partial charge in [0.15, 0.2) is 0 Å². The third kappa shape index (κ3) is 2.75. The van der Waals surface area contributed by atoms with Crippen LogP contribution in [0.15, 0.2) is 12.3 Å². The highest BCUT2D eigenvalue weighted by atomic mass is 35.5. The predicted molar refractivity (Wildman–Crippen MR) is 54.2 cm³/mol. The number of carboxylic acid groups (broad SMARTS) is 1. The maximum atomic E-state index is 10.3. The van der Waals surface area contributed by atoms with Gasteiger partial charge in [-0.2, -0.15) is 0 Å². The van der Waals surface area contributed by atoms with Crippen LogP contribution in [0.4, 0.5) is 0 Å². The molecule has 0 aliphatic heterocycles. The first-order chi connectivity index (χ1) is 6.50. The molecule has 1 rings (SSSR count). The quantitative estimate of drug-likeness (QED) is 0.802. The topological polar surface area (TPSA) is 68.2 Å². The first-order valence-electron chi connectivity index (χ1n) is 4.30. The summed E-state index contributed by atoms with van der Waals surface area (Å²) in [5.74, 6) is -0.831. The van der Waals surface area contributed by atoms with Gasteiger partial charge in [-0.3, -0.25) is 4.79 Å². The van der Waals surface area contributed by atoms with E-state index in [-0.39, 0.29) is 12.5 Å². The Balaban J connectivity index is 2.60. The number of hydrogen-bond acceptors (Lipinski definition) is 2. The molecule has 0 saturated heterocycles. The number of halogens is 1. The molecule has 0 bridgehead atoms. The largest absolute Gasteiger partial charge is 0.481 e. The fraction of sp³-hybridized carbons (Fsp3) is 0.444. The van der Waals surface area contributed by atoms with Crippen LogP contribution >= 0.6 is 11.6 Å². The zero-order chi connectivity index (χ0) is 10.7. The van der Waals surface area contributed by atoms with E-state index in [2.05, 4.69) is 0 Å². The van der Waals surface area contributed by atoms with Crippen molar-refractivity contribution in [3.63, 3.8) is 0 Å². The minimum absolute atomic E-state index is 0.0771. The van der Waals surface area contributed by atoms with Crippen molar-refractivity contribution in [2.45, 2.75) is 18.9 Å². The number of aliphatic carboxylic acids is 1. The summed E-state index contributed by atoms with van der Waals surface area (Å²) in [6, 6.07) is 1.50. The molecule has 1 heterocycles. The molecule has 0 fully saturated rings. The van der Waals surface area contributed by atoms with Crippen molar-refractivity contribution in [3.05, 3.63) is 23.0 Å². The summed E-state index contributed by atoms with van der Waals surface area (Å²) in [6.07, 6.45) is 2.32. The summed E-state index contributed by atoms with van der Waals surface area (Å²) >= 11 is 5.83. The Labute approximate surface area is 87.3 Å². The van der Waals surface area contributed by atoms with Gasteiger partial charge in [0.05, 0.1) is 0 Å². The number of nitrogens with zero attached hydrogens (tertiary/aromatic N) is 1. The number of carbonyl (C=O) groups is 1. The van der Waals surface area contributed by atoms with Gasteiger partial charge in [0.1, 0.15) is 5.15 Å². The van der Waals surface area contributed by atoms with E-state index >= 15 is 0 Å². The van der Waals surface area contributed by atoms with Gasteiger partial charge in [0.2, 0.25) is 0 Å². The van der Waals surface area contributed by atoms with Crippen molar-refractivity contribution in [2.75, 3.05) is 0 Å². The zero-order valence-corrected chi connectivity index (χ0v) is 8.66. The van der Waals surface area contributed by atoms with Crippen LogP contribution in [0.2, 0.25) is 5.15 Å². The number of carboxylic acids is 1. The predicted octanol–water partition coefficient (Wildman–Crippen LogP) is 1.54. The number of nitrogens with two attached hydrogens (primary N) is 1. The van der Waals surface area contributed by atoms with E-state index in [1.54, 1.807) is 10.6 Å². The maximum Gasteiger partial charge on any atom is 0.303 e. The second kappa shape index (κ2) is 4.48. The monoisotopic (exact) mass is 216 g/mol. The molecule has 5 heteroatoms. The van der Waals surface area contributed by atoms with Crippen LogP contribution in [0, 0.1) is 0 Å². The zero-order valence-electron chi connectivity index (χ0n) is 7.90. The fourth-order valence-electron chi connectivity index (χ4n) is 1.21. The van der Waals surface area contributed by atoms with Crippen LogP contribution < -0.4 is 5.73 Å². The van der Waals surface area contributed by atoms with E-state index in [0.29, 0.717) is 11.6 Å². The Bertz CT molecular complexity index is 316. The molecular formula is C9H13ClN2O2. The summed E-state index contributed by atoms with van der Waals surface area (Å²) in [7, 11) is 1.82. The Morgan fingerprint density at radius 1 is 1.79 bits per heavy atom. The Kier molecular flexibility index (Phi) is 3.55. The van der Waals surface area contributed by atoms with Crippen LogP contribution in [0.5, 0.6) is 0 Å². The van der Waals surface area contributed by atoms with Crippen LogP contribution in [-0.2, 0) is 11.8 Å². The highest BCUT2D eigenvalue weighted by Gasteiger charge is 2.11. The molecule has 0 radical (unpaired) electrons. The van der Waals surface area contributed by atoms with Crippen molar-refractivity contribution in [3.8, 4) is 0 Å². The summed E-state index contributed by atoms with van der Waals surface area (Å²) in [5, 5.41) is 9.08. The van der Waals surface area contributed by atoms with E-state index in [0.717, 1.165) is 5.56 Å². The fourth-order valence-corrected chi connectivity index (χ4v) is 1.39. The third-order valence-electron chi connectivity index (χ3n) is 2.06. The lowest BCUT2D eigenvalue weighted by atomic mass is 10.1. The van der Waals surface area contributed by atoms with Crippen LogP contribution in [0.3, 0.4) is 0 Å². The molecule has 14 heavy (non-hydrogen) atoms. The first-order valence-corrected chi connectivity index (χ1v) is 4.67. The third-order valence-corrected chi connectivity index (χ3v) is 2.44. The van der Waals surface area contributed by atoms with Gasteiger partial charge in [-0.15, -0.1) is 0 Å². The molecule has 1 atom stereocenters. The van der Waals surface area contributed by atoms with E-state index in [1.807, 2.05) is 13.2 Å². The summed E-state index contributed by atoms with van der Waals surface area (Å²) in [5.41, 5.74) is 6.66. The highest BCUT2D eigenvalue weighted by Crippen LogP contribution is 2.20. The minimum atomic E-state index is -0.831. The van der Waals surface area contributed by atoms with E-state index in [4.69, 9.17) is 22.4 Å². The average molecular weight is 217 g/mol. The number of rotatable bonds is 4. The van der Waals surface area contributed by atoms with Gasteiger partial charge in [-0.25, -0.2) is 0 Å². The van der Waals surface area contributed by atoms with Crippen molar-refractivity contribution in [2.24, 2.45) is 12.8 Å². The molecule has 78 valence electrons. The summed E-state index contributed by atoms with van der Waals surface area (Å²) < 4.78 is 1.75. The molecular weight excluding hydrogens is 204 g/mol. The smallest absolute Gasteiger partial charge is 0.303 e. The molecule has 0 aliphatic carbocycles. The molecule has 1 aromatic heterocycles. The Morgan fingerprint density at radius 3 is 2.86 bits per heavy atom. The molecule has 0 spiro atoms. The Hall–Kier alpha value is -1.00. The number of aromatic nitrogens is 1. The van der Waals surface area contributed by atoms with Crippen molar-refractivity contribution >= 4 is 17.6 Å². The van der Waals surface area contributed by atoms with Gasteiger partial charge < -0.3 is 15.4 Å². The molecule has 1 unspecified atom stereocenters. The van der Waals surface area contributed by atoms with E-state index in [9.17, 15) is 4.79 Å². The molecule has 0 saturated carbocycles. The molecule has 0 aromatic carbocycles. The minimum Gasteiger partial charge on any atom is -0.481 e. The normalized spacial score (nSPS) is 12.8. The van der Waals surface area contributed by atoms with Gasteiger partial charge in [-0.1, -0.05) is 11.6 Å². The number of aryl methyl sites for hydroxylation is 1. The molecule has 0 aliphatic rings. The van der Waals surface area contributed by atoms with E-state index in [1.165, 1.54) is 0 Å². The Morgan fingerprint density at radius 2 is 2.43 bits per heavy atom. The lowest BCUT2D eigenvalue weighted by Crippen LogP contribution is -2.11. The number of hydrogen-bond donors (Lipinski definition) is 2. The van der Waals surface area contributed by atoms with Crippen molar-refractivity contribution in [1.29, 1.82) is 0 Å². The lowest BCUT2D eigenvalue weighted by molar-refractivity contribution is -0.137. The highest BCUT2D eigenvalue weighted by molar-refractivity contribution is 6.29. The summed E-state index contributed by atoms with van der Waals surface area (Å²) in [6.45, 7) is 0. The van der Waals surface area contributed by atoms with Gasteiger partial charge in [0, 0.05) is 25.7 Å². The lowest BCUT2D eigenvalue weighted by Gasteiger charge is -2.06. The maximum absolute atomic E-state index is 10.3. The molecule has 0 amide bonds. The van der Waals surface area contributed by atoms with Crippen molar-refractivity contribution < 1.29 is 9.90 Å². The van der Waals surface area contributed by atoms with Gasteiger partial charge in [-0.05, 0) is 18.1 Å². The standard InChI is InChI=1S/C9H13ClN2O2/c1-12-5-6(4-8(12)10)7(11)2-3-9(13)14/h4-5,7H,2-3,11H2,1H3,(H,13,14). The SMILES string of the molecule is Cn1cc(C(N)CCC(=O)O)cc1Cl. The van der Waals surface area contributed by atoms with Crippen LogP contribution in [0.25, 0.3) is 0 Å². The first kappa shape index (κ1) is 11.1. The van der Waals surface area contributed by atoms with E-state index < -0.39 is 5.97 Å². The molecule has 3 N–H and O–H groups in total. The van der Waals surface area contributed by atoms with Crippen LogP contribution in [0.1, 0.15) is 24.4 Å². The van der Waals surface area contributed by atoms with Gasteiger partial charge >= 0.3 is 5.97 Å². The molecule has 1 aromatic rings. The second-order valence-corrected chi connectivity index (χ2v) is 3.63.